The van der Waals surface area contributed by atoms with Crippen molar-refractivity contribution in [2.75, 3.05) is 13.7 Å². The van der Waals surface area contributed by atoms with Crippen molar-refractivity contribution in [3.05, 3.63) is 0 Å². The lowest BCUT2D eigenvalue weighted by Gasteiger charge is -2.30. The zero-order valence-corrected chi connectivity index (χ0v) is 11.0. The van der Waals surface area contributed by atoms with Crippen LogP contribution in [0.2, 0.25) is 0 Å². The Bertz CT molecular complexity index is 280. The van der Waals surface area contributed by atoms with E-state index in [9.17, 15) is 9.59 Å². The Morgan fingerprint density at radius 1 is 1.29 bits per heavy atom. The molecule has 98 valence electrons. The Morgan fingerprint density at radius 3 is 2.35 bits per heavy atom. The van der Waals surface area contributed by atoms with Gasteiger partial charge in [-0.1, -0.05) is 26.7 Å². The number of nitrogens with one attached hydrogen (secondary N) is 1. The molecule has 1 saturated carbocycles. The number of carbonyl (C=O) groups excluding carboxylic acids is 2. The molecule has 0 atom stereocenters. The molecule has 17 heavy (non-hydrogen) atoms. The maximum Gasteiger partial charge on any atom is 0.396 e. The van der Waals surface area contributed by atoms with Gasteiger partial charge < -0.3 is 10.1 Å². The molecule has 1 aliphatic carbocycles. The molecular weight excluding hydrogens is 218 g/mol. The van der Waals surface area contributed by atoms with Crippen molar-refractivity contribution in [2.24, 2.45) is 11.3 Å². The Kier molecular flexibility index (Phi) is 4.97. The monoisotopic (exact) mass is 241 g/mol. The lowest BCUT2D eigenvalue weighted by atomic mass is 9.78. The van der Waals surface area contributed by atoms with Crippen molar-refractivity contribution < 1.29 is 14.3 Å². The van der Waals surface area contributed by atoms with Crippen LogP contribution in [-0.2, 0) is 14.3 Å². The van der Waals surface area contributed by atoms with Crippen LogP contribution in [0.25, 0.3) is 0 Å². The highest BCUT2D eigenvalue weighted by Crippen LogP contribution is 2.42. The first-order chi connectivity index (χ1) is 7.99. The number of rotatable bonds is 4. The maximum atomic E-state index is 11.4. The van der Waals surface area contributed by atoms with Gasteiger partial charge >= 0.3 is 11.9 Å². The van der Waals surface area contributed by atoms with Gasteiger partial charge in [-0.3, -0.25) is 4.79 Å². The number of hydrogen-bond donors (Lipinski definition) is 1. The van der Waals surface area contributed by atoms with Gasteiger partial charge in [0.2, 0.25) is 0 Å². The van der Waals surface area contributed by atoms with Gasteiger partial charge in [0.05, 0.1) is 7.11 Å². The first-order valence-electron chi connectivity index (χ1n) is 6.35. The van der Waals surface area contributed by atoms with E-state index in [1.54, 1.807) is 0 Å². The standard InChI is InChI=1S/C13H23NO3/c1-10(2)8-13(6-4-5-7-13)9-14-11(15)12(16)17-3/h10H,4-9H2,1-3H3,(H,14,15). The molecule has 0 bridgehead atoms. The highest BCUT2D eigenvalue weighted by molar-refractivity contribution is 6.32. The summed E-state index contributed by atoms with van der Waals surface area (Å²) in [6.07, 6.45) is 5.84. The van der Waals surface area contributed by atoms with Crippen LogP contribution in [0.3, 0.4) is 0 Å². The number of esters is 1. The van der Waals surface area contributed by atoms with Crippen LogP contribution in [0, 0.1) is 11.3 Å². The minimum Gasteiger partial charge on any atom is -0.462 e. The van der Waals surface area contributed by atoms with Crippen molar-refractivity contribution in [3.63, 3.8) is 0 Å². The van der Waals surface area contributed by atoms with Crippen LogP contribution in [0.4, 0.5) is 0 Å². The highest BCUT2D eigenvalue weighted by Gasteiger charge is 2.35. The van der Waals surface area contributed by atoms with Gasteiger partial charge in [0.1, 0.15) is 0 Å². The molecule has 1 amide bonds. The molecule has 0 saturated heterocycles. The summed E-state index contributed by atoms with van der Waals surface area (Å²) >= 11 is 0. The third kappa shape index (κ3) is 4.02. The number of carbonyl (C=O) groups is 2. The summed E-state index contributed by atoms with van der Waals surface area (Å²) < 4.78 is 4.39. The van der Waals surface area contributed by atoms with Crippen molar-refractivity contribution in [2.45, 2.75) is 46.0 Å². The van der Waals surface area contributed by atoms with E-state index in [0.29, 0.717) is 12.5 Å². The molecule has 0 radical (unpaired) electrons. The topological polar surface area (TPSA) is 55.4 Å². The molecule has 1 N–H and O–H groups in total. The van der Waals surface area contributed by atoms with Crippen LogP contribution < -0.4 is 5.32 Å². The van der Waals surface area contributed by atoms with E-state index in [4.69, 9.17) is 0 Å². The molecule has 0 aromatic carbocycles. The van der Waals surface area contributed by atoms with Crippen molar-refractivity contribution in [3.8, 4) is 0 Å². The third-order valence-corrected chi connectivity index (χ3v) is 3.50. The zero-order chi connectivity index (χ0) is 12.9. The molecule has 4 heteroatoms. The number of hydrogen-bond acceptors (Lipinski definition) is 3. The molecule has 4 nitrogen and oxygen atoms in total. The summed E-state index contributed by atoms with van der Waals surface area (Å²) in [4.78, 5) is 22.4. The number of amides is 1. The van der Waals surface area contributed by atoms with Crippen LogP contribution in [0.1, 0.15) is 46.0 Å². The molecule has 0 heterocycles. The fourth-order valence-corrected chi connectivity index (χ4v) is 2.88. The average molecular weight is 241 g/mol. The van der Waals surface area contributed by atoms with Gasteiger partial charge in [0, 0.05) is 6.54 Å². The van der Waals surface area contributed by atoms with Gasteiger partial charge in [0.15, 0.2) is 0 Å². The molecule has 0 unspecified atom stereocenters. The van der Waals surface area contributed by atoms with E-state index in [2.05, 4.69) is 23.9 Å². The van der Waals surface area contributed by atoms with Gasteiger partial charge in [-0.15, -0.1) is 0 Å². The first kappa shape index (κ1) is 14.0. The fraction of sp³-hybridized carbons (Fsp3) is 0.846. The van der Waals surface area contributed by atoms with Gasteiger partial charge in [-0.05, 0) is 30.6 Å². The zero-order valence-electron chi connectivity index (χ0n) is 11.0. The highest BCUT2D eigenvalue weighted by atomic mass is 16.5. The van der Waals surface area contributed by atoms with E-state index in [-0.39, 0.29) is 5.41 Å². The Hall–Kier alpha value is -1.06. The molecule has 0 aromatic rings. The minimum atomic E-state index is -0.803. The van der Waals surface area contributed by atoms with E-state index < -0.39 is 11.9 Å². The second-order valence-corrected chi connectivity index (χ2v) is 5.48. The molecule has 0 aromatic heterocycles. The van der Waals surface area contributed by atoms with Crippen LogP contribution in [0.15, 0.2) is 0 Å². The summed E-state index contributed by atoms with van der Waals surface area (Å²) in [6, 6.07) is 0. The normalized spacial score (nSPS) is 18.1. The van der Waals surface area contributed by atoms with Gasteiger partial charge in [-0.25, -0.2) is 4.79 Å². The number of ether oxygens (including phenoxy) is 1. The lowest BCUT2D eigenvalue weighted by Crippen LogP contribution is -2.40. The third-order valence-electron chi connectivity index (χ3n) is 3.50. The van der Waals surface area contributed by atoms with E-state index in [0.717, 1.165) is 19.3 Å². The Morgan fingerprint density at radius 2 is 1.88 bits per heavy atom. The molecular formula is C13H23NO3. The van der Waals surface area contributed by atoms with Crippen molar-refractivity contribution in [1.82, 2.24) is 5.32 Å². The van der Waals surface area contributed by atoms with Gasteiger partial charge in [-0.2, -0.15) is 0 Å². The molecule has 1 aliphatic rings. The molecule has 1 rings (SSSR count). The summed E-state index contributed by atoms with van der Waals surface area (Å²) in [5, 5.41) is 2.71. The number of methoxy groups -OCH3 is 1. The van der Waals surface area contributed by atoms with E-state index in [1.165, 1.54) is 20.0 Å². The second kappa shape index (κ2) is 6.03. The summed E-state index contributed by atoms with van der Waals surface area (Å²) in [6.45, 7) is 4.99. The van der Waals surface area contributed by atoms with Crippen LogP contribution >= 0.6 is 0 Å². The molecule has 1 fully saturated rings. The van der Waals surface area contributed by atoms with Crippen LogP contribution in [0.5, 0.6) is 0 Å². The predicted molar refractivity (Wildman–Crippen MR) is 65.4 cm³/mol. The smallest absolute Gasteiger partial charge is 0.396 e. The van der Waals surface area contributed by atoms with E-state index in [1.807, 2.05) is 0 Å². The van der Waals surface area contributed by atoms with Crippen LogP contribution in [-0.4, -0.2) is 25.5 Å². The largest absolute Gasteiger partial charge is 0.462 e. The second-order valence-electron chi connectivity index (χ2n) is 5.48. The SMILES string of the molecule is COC(=O)C(=O)NCC1(CC(C)C)CCCC1. The fourth-order valence-electron chi connectivity index (χ4n) is 2.88. The lowest BCUT2D eigenvalue weighted by molar-refractivity contribution is -0.152. The van der Waals surface area contributed by atoms with Crippen molar-refractivity contribution in [1.29, 1.82) is 0 Å². The van der Waals surface area contributed by atoms with Crippen molar-refractivity contribution >= 4 is 11.9 Å². The maximum absolute atomic E-state index is 11.4. The average Bonchev–Trinajstić information content (AvgIpc) is 2.73. The molecule has 0 aliphatic heterocycles. The quantitative estimate of drug-likeness (QED) is 0.604. The molecule has 0 spiro atoms. The van der Waals surface area contributed by atoms with E-state index >= 15 is 0 Å². The Balaban J connectivity index is 2.50. The first-order valence-corrected chi connectivity index (χ1v) is 6.35. The summed E-state index contributed by atoms with van der Waals surface area (Å²) in [7, 11) is 1.22. The predicted octanol–water partition coefficient (Wildman–Crippen LogP) is 1.88. The summed E-state index contributed by atoms with van der Waals surface area (Å²) in [5.41, 5.74) is 0.192. The Labute approximate surface area is 103 Å². The summed E-state index contributed by atoms with van der Waals surface area (Å²) in [5.74, 6) is -0.812. The minimum absolute atomic E-state index is 0.192. The van der Waals surface area contributed by atoms with Gasteiger partial charge in [0.25, 0.3) is 0 Å².